The molecule has 0 fully saturated rings. The van der Waals surface area contributed by atoms with E-state index < -0.39 is 0 Å². The number of para-hydroxylation sites is 1. The van der Waals surface area contributed by atoms with Crippen molar-refractivity contribution in [3.8, 4) is 5.75 Å². The van der Waals surface area contributed by atoms with Crippen LogP contribution in [0.4, 0.5) is 17.3 Å². The van der Waals surface area contributed by atoms with Crippen LogP contribution in [0, 0.1) is 6.92 Å². The van der Waals surface area contributed by atoms with Gasteiger partial charge in [0.25, 0.3) is 5.91 Å². The summed E-state index contributed by atoms with van der Waals surface area (Å²) in [5, 5.41) is 5.92. The Morgan fingerprint density at radius 1 is 1.04 bits per heavy atom. The van der Waals surface area contributed by atoms with Crippen LogP contribution in [0.1, 0.15) is 15.9 Å². The third kappa shape index (κ3) is 4.11. The molecule has 0 atom stereocenters. The summed E-state index contributed by atoms with van der Waals surface area (Å²) in [5.41, 5.74) is 2.95. The highest BCUT2D eigenvalue weighted by atomic mass is 16.5. The highest BCUT2D eigenvalue weighted by molar-refractivity contribution is 6.04. The molecule has 0 saturated carbocycles. The molecule has 0 spiro atoms. The maximum absolute atomic E-state index is 12.3. The molecule has 1 heterocycles. The van der Waals surface area contributed by atoms with Crippen LogP contribution in [0.5, 0.6) is 5.75 Å². The molecular formula is C19H18N4O2. The molecule has 126 valence electrons. The van der Waals surface area contributed by atoms with Crippen molar-refractivity contribution in [1.29, 1.82) is 0 Å². The minimum absolute atomic E-state index is 0.248. The van der Waals surface area contributed by atoms with Crippen molar-refractivity contribution < 1.29 is 9.53 Å². The highest BCUT2D eigenvalue weighted by Gasteiger charge is 2.09. The minimum atomic E-state index is -0.248. The van der Waals surface area contributed by atoms with E-state index >= 15 is 0 Å². The number of amides is 1. The molecule has 1 aromatic heterocycles. The molecule has 0 aliphatic carbocycles. The first-order chi connectivity index (χ1) is 12.2. The second-order valence-electron chi connectivity index (χ2n) is 5.42. The summed E-state index contributed by atoms with van der Waals surface area (Å²) < 4.78 is 5.18. The Morgan fingerprint density at radius 3 is 2.52 bits per heavy atom. The Balaban J connectivity index is 1.69. The summed E-state index contributed by atoms with van der Waals surface area (Å²) in [6, 6.07) is 15.0. The summed E-state index contributed by atoms with van der Waals surface area (Å²) in [6.07, 6.45) is 2.98. The second kappa shape index (κ2) is 7.44. The van der Waals surface area contributed by atoms with Gasteiger partial charge in [-0.25, -0.2) is 9.97 Å². The van der Waals surface area contributed by atoms with Crippen molar-refractivity contribution in [3.63, 3.8) is 0 Å². The molecule has 0 aliphatic heterocycles. The van der Waals surface area contributed by atoms with Crippen LogP contribution >= 0.6 is 0 Å². The number of ether oxygens (including phenoxy) is 1. The van der Waals surface area contributed by atoms with Gasteiger partial charge in [0.15, 0.2) is 0 Å². The molecule has 25 heavy (non-hydrogen) atoms. The van der Waals surface area contributed by atoms with Gasteiger partial charge in [-0.1, -0.05) is 24.3 Å². The zero-order chi connectivity index (χ0) is 17.6. The van der Waals surface area contributed by atoms with Crippen molar-refractivity contribution >= 4 is 23.2 Å². The predicted molar refractivity (Wildman–Crippen MR) is 97.4 cm³/mol. The number of carbonyl (C=O) groups is 1. The second-order valence-corrected chi connectivity index (χ2v) is 5.42. The Bertz CT molecular complexity index is 879. The number of anilines is 3. The van der Waals surface area contributed by atoms with E-state index in [1.165, 1.54) is 12.4 Å². The molecular weight excluding hydrogens is 316 g/mol. The van der Waals surface area contributed by atoms with Crippen LogP contribution in [-0.2, 0) is 0 Å². The van der Waals surface area contributed by atoms with Crippen molar-refractivity contribution in [1.82, 2.24) is 9.97 Å². The topological polar surface area (TPSA) is 76.1 Å². The van der Waals surface area contributed by atoms with Gasteiger partial charge < -0.3 is 15.4 Å². The summed E-state index contributed by atoms with van der Waals surface area (Å²) in [7, 11) is 1.61. The number of nitrogens with zero attached hydrogens (tertiary/aromatic N) is 2. The summed E-state index contributed by atoms with van der Waals surface area (Å²) in [4.78, 5) is 20.7. The molecule has 3 aromatic rings. The summed E-state index contributed by atoms with van der Waals surface area (Å²) in [6.45, 7) is 1.94. The van der Waals surface area contributed by atoms with Crippen molar-refractivity contribution in [2.75, 3.05) is 17.7 Å². The molecule has 0 bridgehead atoms. The fourth-order valence-corrected chi connectivity index (χ4v) is 2.25. The maximum atomic E-state index is 12.3. The van der Waals surface area contributed by atoms with Gasteiger partial charge in [-0.05, 0) is 30.7 Å². The number of carbonyl (C=O) groups excluding carboxylic acids is 1. The van der Waals surface area contributed by atoms with Gasteiger partial charge in [0.05, 0.1) is 12.7 Å². The third-order valence-electron chi connectivity index (χ3n) is 3.63. The first kappa shape index (κ1) is 16.4. The van der Waals surface area contributed by atoms with Gasteiger partial charge in [-0.2, -0.15) is 0 Å². The fourth-order valence-electron chi connectivity index (χ4n) is 2.25. The molecule has 0 saturated heterocycles. The van der Waals surface area contributed by atoms with Crippen molar-refractivity contribution in [3.05, 3.63) is 72.1 Å². The third-order valence-corrected chi connectivity index (χ3v) is 3.63. The number of aryl methyl sites for hydroxylation is 1. The smallest absolute Gasteiger partial charge is 0.258 e. The maximum Gasteiger partial charge on any atom is 0.258 e. The molecule has 0 unspecified atom stereocenters. The SMILES string of the molecule is COc1cccc(Nc2ncc(C(=O)Nc3ccccc3C)cn2)c1. The van der Waals surface area contributed by atoms with Gasteiger partial charge in [-0.15, -0.1) is 0 Å². The van der Waals surface area contributed by atoms with E-state index in [0.717, 1.165) is 22.7 Å². The molecule has 6 heteroatoms. The molecule has 2 N–H and O–H groups in total. The van der Waals surface area contributed by atoms with Crippen LogP contribution in [0.25, 0.3) is 0 Å². The zero-order valence-electron chi connectivity index (χ0n) is 14.0. The van der Waals surface area contributed by atoms with Gasteiger partial charge in [-0.3, -0.25) is 4.79 Å². The number of benzene rings is 2. The monoisotopic (exact) mass is 334 g/mol. The van der Waals surface area contributed by atoms with E-state index in [-0.39, 0.29) is 5.91 Å². The average Bonchev–Trinajstić information content (AvgIpc) is 2.64. The van der Waals surface area contributed by atoms with Gasteiger partial charge >= 0.3 is 0 Å². The number of hydrogen-bond donors (Lipinski definition) is 2. The van der Waals surface area contributed by atoms with Crippen LogP contribution in [0.3, 0.4) is 0 Å². The van der Waals surface area contributed by atoms with E-state index in [0.29, 0.717) is 11.5 Å². The minimum Gasteiger partial charge on any atom is -0.497 e. The lowest BCUT2D eigenvalue weighted by Crippen LogP contribution is -2.13. The van der Waals surface area contributed by atoms with Crippen LogP contribution < -0.4 is 15.4 Å². The lowest BCUT2D eigenvalue weighted by Gasteiger charge is -2.09. The summed E-state index contributed by atoms with van der Waals surface area (Å²) in [5.74, 6) is 0.891. The van der Waals surface area contributed by atoms with Gasteiger partial charge in [0, 0.05) is 29.8 Å². The van der Waals surface area contributed by atoms with E-state index in [9.17, 15) is 4.79 Å². The average molecular weight is 334 g/mol. The van der Waals surface area contributed by atoms with E-state index in [2.05, 4.69) is 20.6 Å². The molecule has 6 nitrogen and oxygen atoms in total. The molecule has 2 aromatic carbocycles. The first-order valence-corrected chi connectivity index (χ1v) is 7.76. The highest BCUT2D eigenvalue weighted by Crippen LogP contribution is 2.19. The zero-order valence-corrected chi connectivity index (χ0v) is 14.0. The fraction of sp³-hybridized carbons (Fsp3) is 0.105. The summed E-state index contributed by atoms with van der Waals surface area (Å²) >= 11 is 0. The Morgan fingerprint density at radius 2 is 1.80 bits per heavy atom. The van der Waals surface area contributed by atoms with Crippen LogP contribution in [0.15, 0.2) is 60.9 Å². The van der Waals surface area contributed by atoms with Gasteiger partial charge in [0.2, 0.25) is 5.95 Å². The van der Waals surface area contributed by atoms with Crippen LogP contribution in [0.2, 0.25) is 0 Å². The van der Waals surface area contributed by atoms with Gasteiger partial charge in [0.1, 0.15) is 5.75 Å². The number of aromatic nitrogens is 2. The Kier molecular flexibility index (Phi) is 4.89. The first-order valence-electron chi connectivity index (χ1n) is 7.76. The number of nitrogens with one attached hydrogen (secondary N) is 2. The molecule has 0 radical (unpaired) electrons. The Labute approximate surface area is 145 Å². The molecule has 1 amide bonds. The lowest BCUT2D eigenvalue weighted by molar-refractivity contribution is 0.102. The molecule has 0 aliphatic rings. The van der Waals surface area contributed by atoms with E-state index in [1.54, 1.807) is 7.11 Å². The normalized spacial score (nSPS) is 10.2. The quantitative estimate of drug-likeness (QED) is 0.742. The lowest BCUT2D eigenvalue weighted by atomic mass is 10.2. The van der Waals surface area contributed by atoms with E-state index in [1.807, 2.05) is 55.5 Å². The number of hydrogen-bond acceptors (Lipinski definition) is 5. The standard InChI is InChI=1S/C19H18N4O2/c1-13-6-3-4-9-17(13)23-18(24)14-11-20-19(21-12-14)22-15-7-5-8-16(10-15)25-2/h3-12H,1-2H3,(H,23,24)(H,20,21,22). The van der Waals surface area contributed by atoms with Crippen LogP contribution in [-0.4, -0.2) is 23.0 Å². The Hall–Kier alpha value is -3.41. The number of methoxy groups -OCH3 is 1. The molecule has 3 rings (SSSR count). The van der Waals surface area contributed by atoms with E-state index in [4.69, 9.17) is 4.74 Å². The largest absolute Gasteiger partial charge is 0.497 e. The van der Waals surface area contributed by atoms with Crippen molar-refractivity contribution in [2.24, 2.45) is 0 Å². The van der Waals surface area contributed by atoms with Crippen molar-refractivity contribution in [2.45, 2.75) is 6.92 Å². The number of rotatable bonds is 5. The predicted octanol–water partition coefficient (Wildman–Crippen LogP) is 3.79.